The van der Waals surface area contributed by atoms with Gasteiger partial charge in [0, 0.05) is 28.4 Å². The van der Waals surface area contributed by atoms with Gasteiger partial charge in [-0.25, -0.2) is 0 Å². The predicted molar refractivity (Wildman–Crippen MR) is 90.9 cm³/mol. The Balaban J connectivity index is 1.82. The standard InChI is InChI=1S/C18H24N2S/c1-12-10-17(14(3)21-12)13(2)20-18-8-9-19-11-15-6-4-5-7-16(15)18/h4-7,10,13,18-20H,8-9,11H2,1-3H3. The van der Waals surface area contributed by atoms with Crippen molar-refractivity contribution in [1.82, 2.24) is 10.6 Å². The maximum atomic E-state index is 3.85. The van der Waals surface area contributed by atoms with E-state index in [1.54, 1.807) is 0 Å². The van der Waals surface area contributed by atoms with Crippen LogP contribution in [0.5, 0.6) is 0 Å². The highest BCUT2D eigenvalue weighted by atomic mass is 32.1. The van der Waals surface area contributed by atoms with Gasteiger partial charge in [-0.2, -0.15) is 0 Å². The molecule has 1 aliphatic rings. The van der Waals surface area contributed by atoms with Gasteiger partial charge in [0.1, 0.15) is 0 Å². The van der Waals surface area contributed by atoms with E-state index >= 15 is 0 Å². The van der Waals surface area contributed by atoms with Crippen molar-refractivity contribution in [2.45, 2.75) is 45.8 Å². The lowest BCUT2D eigenvalue weighted by atomic mass is 9.97. The first-order chi connectivity index (χ1) is 10.1. The molecule has 0 radical (unpaired) electrons. The number of rotatable bonds is 3. The molecule has 21 heavy (non-hydrogen) atoms. The summed E-state index contributed by atoms with van der Waals surface area (Å²) < 4.78 is 0. The molecule has 2 N–H and O–H groups in total. The molecule has 2 nitrogen and oxygen atoms in total. The second-order valence-electron chi connectivity index (χ2n) is 5.97. The minimum atomic E-state index is 0.395. The molecule has 0 fully saturated rings. The minimum absolute atomic E-state index is 0.395. The van der Waals surface area contributed by atoms with Gasteiger partial charge in [-0.3, -0.25) is 0 Å². The quantitative estimate of drug-likeness (QED) is 0.885. The van der Waals surface area contributed by atoms with Crippen molar-refractivity contribution >= 4 is 11.3 Å². The summed E-state index contributed by atoms with van der Waals surface area (Å²) in [6.45, 7) is 8.77. The number of hydrogen-bond donors (Lipinski definition) is 2. The molecular formula is C18H24N2S. The van der Waals surface area contributed by atoms with E-state index in [9.17, 15) is 0 Å². The third kappa shape index (κ3) is 3.20. The molecule has 0 aliphatic carbocycles. The van der Waals surface area contributed by atoms with E-state index in [1.165, 1.54) is 26.4 Å². The number of fused-ring (bicyclic) bond motifs is 1. The van der Waals surface area contributed by atoms with Crippen molar-refractivity contribution in [2.75, 3.05) is 6.54 Å². The second kappa shape index (κ2) is 6.30. The molecular weight excluding hydrogens is 276 g/mol. The maximum Gasteiger partial charge on any atom is 0.0340 e. The Labute approximate surface area is 131 Å². The Morgan fingerprint density at radius 3 is 2.86 bits per heavy atom. The van der Waals surface area contributed by atoms with Crippen LogP contribution in [0.4, 0.5) is 0 Å². The summed E-state index contributed by atoms with van der Waals surface area (Å²) in [5.41, 5.74) is 4.34. The van der Waals surface area contributed by atoms with Gasteiger partial charge in [-0.05, 0) is 56.5 Å². The van der Waals surface area contributed by atoms with E-state index in [2.05, 4.69) is 61.7 Å². The fourth-order valence-electron chi connectivity index (χ4n) is 3.31. The lowest BCUT2D eigenvalue weighted by Gasteiger charge is -2.24. The summed E-state index contributed by atoms with van der Waals surface area (Å²) in [7, 11) is 0. The van der Waals surface area contributed by atoms with Gasteiger partial charge < -0.3 is 10.6 Å². The van der Waals surface area contributed by atoms with Gasteiger partial charge in [0.15, 0.2) is 0 Å². The fraction of sp³-hybridized carbons (Fsp3) is 0.444. The van der Waals surface area contributed by atoms with Gasteiger partial charge in [0.25, 0.3) is 0 Å². The van der Waals surface area contributed by atoms with Gasteiger partial charge in [-0.15, -0.1) is 11.3 Å². The average Bonchev–Trinajstić information content (AvgIpc) is 2.69. The molecule has 0 saturated carbocycles. The Kier molecular flexibility index (Phi) is 4.43. The SMILES string of the molecule is Cc1cc(C(C)NC2CCNCc3ccccc32)c(C)s1. The summed E-state index contributed by atoms with van der Waals surface area (Å²) in [6, 6.07) is 12.0. The van der Waals surface area contributed by atoms with Crippen molar-refractivity contribution in [3.05, 3.63) is 56.8 Å². The molecule has 2 atom stereocenters. The molecule has 3 rings (SSSR count). The van der Waals surface area contributed by atoms with Crippen LogP contribution in [0, 0.1) is 13.8 Å². The Hall–Kier alpha value is -1.16. The molecule has 2 aromatic rings. The zero-order valence-electron chi connectivity index (χ0n) is 13.1. The van der Waals surface area contributed by atoms with Crippen LogP contribution in [-0.4, -0.2) is 6.54 Å². The molecule has 0 spiro atoms. The monoisotopic (exact) mass is 300 g/mol. The van der Waals surface area contributed by atoms with E-state index in [-0.39, 0.29) is 0 Å². The molecule has 0 saturated heterocycles. The van der Waals surface area contributed by atoms with Crippen molar-refractivity contribution in [2.24, 2.45) is 0 Å². The highest BCUT2D eigenvalue weighted by Gasteiger charge is 2.21. The summed E-state index contributed by atoms with van der Waals surface area (Å²) >= 11 is 1.90. The van der Waals surface area contributed by atoms with Crippen molar-refractivity contribution in [3.8, 4) is 0 Å². The molecule has 2 heterocycles. The smallest absolute Gasteiger partial charge is 0.0340 e. The summed E-state index contributed by atoms with van der Waals surface area (Å²) in [6.07, 6.45) is 1.14. The van der Waals surface area contributed by atoms with Crippen molar-refractivity contribution in [1.29, 1.82) is 0 Å². The number of aryl methyl sites for hydroxylation is 2. The Morgan fingerprint density at radius 2 is 2.10 bits per heavy atom. The molecule has 0 bridgehead atoms. The van der Waals surface area contributed by atoms with Crippen LogP contribution in [-0.2, 0) is 6.54 Å². The average molecular weight is 300 g/mol. The lowest BCUT2D eigenvalue weighted by molar-refractivity contribution is 0.443. The normalized spacial score (nSPS) is 19.9. The van der Waals surface area contributed by atoms with Crippen LogP contribution >= 0.6 is 11.3 Å². The number of nitrogens with one attached hydrogen (secondary N) is 2. The van der Waals surface area contributed by atoms with Crippen LogP contribution in [0.3, 0.4) is 0 Å². The van der Waals surface area contributed by atoms with Crippen LogP contribution in [0.2, 0.25) is 0 Å². The highest BCUT2D eigenvalue weighted by molar-refractivity contribution is 7.12. The van der Waals surface area contributed by atoms with Gasteiger partial charge in [-0.1, -0.05) is 24.3 Å². The molecule has 112 valence electrons. The van der Waals surface area contributed by atoms with Crippen LogP contribution < -0.4 is 10.6 Å². The molecule has 1 aromatic carbocycles. The van der Waals surface area contributed by atoms with E-state index < -0.39 is 0 Å². The maximum absolute atomic E-state index is 3.85. The zero-order chi connectivity index (χ0) is 14.8. The van der Waals surface area contributed by atoms with Gasteiger partial charge in [0.05, 0.1) is 0 Å². The first kappa shape index (κ1) is 14.8. The third-order valence-corrected chi connectivity index (χ3v) is 5.33. The van der Waals surface area contributed by atoms with E-state index in [1.807, 2.05) is 11.3 Å². The number of thiophene rings is 1. The van der Waals surface area contributed by atoms with Crippen LogP contribution in [0.15, 0.2) is 30.3 Å². The fourth-order valence-corrected chi connectivity index (χ4v) is 4.33. The third-order valence-electron chi connectivity index (χ3n) is 4.35. The van der Waals surface area contributed by atoms with Gasteiger partial charge in [0.2, 0.25) is 0 Å². The van der Waals surface area contributed by atoms with Crippen molar-refractivity contribution < 1.29 is 0 Å². The minimum Gasteiger partial charge on any atom is -0.313 e. The number of hydrogen-bond acceptors (Lipinski definition) is 3. The van der Waals surface area contributed by atoms with E-state index in [0.29, 0.717) is 12.1 Å². The predicted octanol–water partition coefficient (Wildman–Crippen LogP) is 4.25. The summed E-state index contributed by atoms with van der Waals surface area (Å²) in [5.74, 6) is 0. The molecule has 1 aromatic heterocycles. The van der Waals surface area contributed by atoms with E-state index in [4.69, 9.17) is 0 Å². The lowest BCUT2D eigenvalue weighted by Crippen LogP contribution is -2.26. The molecule has 1 aliphatic heterocycles. The zero-order valence-corrected chi connectivity index (χ0v) is 13.9. The molecule has 0 amide bonds. The topological polar surface area (TPSA) is 24.1 Å². The van der Waals surface area contributed by atoms with Crippen LogP contribution in [0.25, 0.3) is 0 Å². The van der Waals surface area contributed by atoms with Crippen LogP contribution in [0.1, 0.15) is 51.9 Å². The molecule has 3 heteroatoms. The largest absolute Gasteiger partial charge is 0.313 e. The van der Waals surface area contributed by atoms with Gasteiger partial charge >= 0.3 is 0 Å². The van der Waals surface area contributed by atoms with Crippen molar-refractivity contribution in [3.63, 3.8) is 0 Å². The highest BCUT2D eigenvalue weighted by Crippen LogP contribution is 2.30. The second-order valence-corrected chi connectivity index (χ2v) is 7.43. The Morgan fingerprint density at radius 1 is 1.29 bits per heavy atom. The first-order valence-corrected chi connectivity index (χ1v) is 8.58. The van der Waals surface area contributed by atoms with E-state index in [0.717, 1.165) is 19.5 Å². The summed E-state index contributed by atoms with van der Waals surface area (Å²) in [4.78, 5) is 2.84. The summed E-state index contributed by atoms with van der Waals surface area (Å²) in [5, 5.41) is 7.38. The first-order valence-electron chi connectivity index (χ1n) is 7.76. The number of benzene rings is 1. The molecule has 2 unspecified atom stereocenters. The Bertz CT molecular complexity index is 617.